The number of aliphatic hydroxyl groups is 1. The molecule has 1 rings (SSSR count). The second-order valence-corrected chi connectivity index (χ2v) is 5.23. The molecule has 0 saturated heterocycles. The van der Waals surface area contributed by atoms with Crippen LogP contribution in [0.15, 0.2) is 18.2 Å². The van der Waals surface area contributed by atoms with Crippen molar-refractivity contribution in [3.63, 3.8) is 0 Å². The highest BCUT2D eigenvalue weighted by Gasteiger charge is 2.06. The molecule has 98 valence electrons. The van der Waals surface area contributed by atoms with Gasteiger partial charge in [0.25, 0.3) is 10.2 Å². The average molecular weight is 268 g/mol. The lowest BCUT2D eigenvalue weighted by atomic mass is 10.1. The quantitative estimate of drug-likeness (QED) is 0.700. The van der Waals surface area contributed by atoms with Crippen LogP contribution in [0.25, 0.3) is 0 Å². The van der Waals surface area contributed by atoms with Gasteiger partial charge in [-0.15, -0.1) is 0 Å². The first-order valence-electron chi connectivity index (χ1n) is 5.40. The summed E-state index contributed by atoms with van der Waals surface area (Å²) in [5, 5.41) is 8.63. The third kappa shape index (κ3) is 4.37. The third-order valence-electron chi connectivity index (χ3n) is 2.21. The van der Waals surface area contributed by atoms with E-state index in [2.05, 4.69) is 21.3 Å². The molecule has 0 aliphatic rings. The SMILES string of the molecule is CNS(=O)(=O)Nc1ccc(C#CCCO)c(C)c1. The maximum absolute atomic E-state index is 11.3. The molecule has 1 aromatic rings. The molecule has 0 aromatic heterocycles. The van der Waals surface area contributed by atoms with E-state index >= 15 is 0 Å². The number of benzene rings is 1. The van der Waals surface area contributed by atoms with Crippen molar-refractivity contribution < 1.29 is 13.5 Å². The first kappa shape index (κ1) is 14.5. The van der Waals surface area contributed by atoms with Gasteiger partial charge in [-0.25, -0.2) is 4.72 Å². The van der Waals surface area contributed by atoms with Gasteiger partial charge < -0.3 is 5.11 Å². The topological polar surface area (TPSA) is 78.4 Å². The third-order valence-corrected chi connectivity index (χ3v) is 3.25. The zero-order valence-corrected chi connectivity index (χ0v) is 11.1. The lowest BCUT2D eigenvalue weighted by Gasteiger charge is -2.07. The van der Waals surface area contributed by atoms with Crippen molar-refractivity contribution >= 4 is 15.9 Å². The Labute approximate surface area is 107 Å². The maximum atomic E-state index is 11.3. The van der Waals surface area contributed by atoms with Crippen molar-refractivity contribution in [3.05, 3.63) is 29.3 Å². The molecule has 0 aliphatic heterocycles. The maximum Gasteiger partial charge on any atom is 0.298 e. The summed E-state index contributed by atoms with van der Waals surface area (Å²) >= 11 is 0. The van der Waals surface area contributed by atoms with E-state index in [1.807, 2.05) is 6.92 Å². The van der Waals surface area contributed by atoms with Crippen LogP contribution in [0.5, 0.6) is 0 Å². The molecule has 0 atom stereocenters. The number of rotatable bonds is 4. The largest absolute Gasteiger partial charge is 0.395 e. The minimum atomic E-state index is -3.49. The molecule has 0 heterocycles. The number of hydrogen-bond acceptors (Lipinski definition) is 3. The molecule has 3 N–H and O–H groups in total. The van der Waals surface area contributed by atoms with E-state index in [1.165, 1.54) is 7.05 Å². The fraction of sp³-hybridized carbons (Fsp3) is 0.333. The summed E-state index contributed by atoms with van der Waals surface area (Å²) in [7, 11) is -2.15. The van der Waals surface area contributed by atoms with E-state index in [0.29, 0.717) is 12.1 Å². The molecule has 0 bridgehead atoms. The Morgan fingerprint density at radius 3 is 2.67 bits per heavy atom. The number of anilines is 1. The summed E-state index contributed by atoms with van der Waals surface area (Å²) in [6.07, 6.45) is 0.424. The van der Waals surface area contributed by atoms with Crippen molar-refractivity contribution in [2.75, 3.05) is 18.4 Å². The summed E-state index contributed by atoms with van der Waals surface area (Å²) in [5.74, 6) is 5.74. The van der Waals surface area contributed by atoms with Crippen LogP contribution >= 0.6 is 0 Å². The number of aryl methyl sites for hydroxylation is 1. The Morgan fingerprint density at radius 2 is 2.11 bits per heavy atom. The van der Waals surface area contributed by atoms with Crippen LogP contribution in [-0.4, -0.2) is 27.2 Å². The molecule has 0 aliphatic carbocycles. The van der Waals surface area contributed by atoms with Gasteiger partial charge in [0, 0.05) is 19.0 Å². The fourth-order valence-electron chi connectivity index (χ4n) is 1.29. The Morgan fingerprint density at radius 1 is 1.39 bits per heavy atom. The predicted octanol–water partition coefficient (Wildman–Crippen LogP) is 0.605. The van der Waals surface area contributed by atoms with Crippen LogP contribution in [-0.2, 0) is 10.2 Å². The molecule has 0 fully saturated rings. The molecule has 0 spiro atoms. The van der Waals surface area contributed by atoms with E-state index in [-0.39, 0.29) is 6.61 Å². The van der Waals surface area contributed by atoms with Crippen molar-refractivity contribution in [3.8, 4) is 11.8 Å². The van der Waals surface area contributed by atoms with Gasteiger partial charge >= 0.3 is 0 Å². The van der Waals surface area contributed by atoms with Crippen LogP contribution in [0.1, 0.15) is 17.5 Å². The van der Waals surface area contributed by atoms with Crippen LogP contribution in [0.2, 0.25) is 0 Å². The Balaban J connectivity index is 2.90. The Hall–Kier alpha value is -1.55. The first-order chi connectivity index (χ1) is 8.48. The lowest BCUT2D eigenvalue weighted by Crippen LogP contribution is -2.26. The van der Waals surface area contributed by atoms with E-state index in [9.17, 15) is 8.42 Å². The van der Waals surface area contributed by atoms with Gasteiger partial charge in [-0.2, -0.15) is 8.42 Å². The lowest BCUT2D eigenvalue weighted by molar-refractivity contribution is 0.305. The molecule has 0 unspecified atom stereocenters. The van der Waals surface area contributed by atoms with Gasteiger partial charge in [-0.1, -0.05) is 11.8 Å². The number of hydrogen-bond donors (Lipinski definition) is 3. The van der Waals surface area contributed by atoms with Crippen molar-refractivity contribution in [1.29, 1.82) is 0 Å². The van der Waals surface area contributed by atoms with Gasteiger partial charge in [0.15, 0.2) is 0 Å². The molecule has 6 heteroatoms. The summed E-state index contributed by atoms with van der Waals surface area (Å²) in [5.41, 5.74) is 2.17. The number of aliphatic hydroxyl groups excluding tert-OH is 1. The predicted molar refractivity (Wildman–Crippen MR) is 71.4 cm³/mol. The smallest absolute Gasteiger partial charge is 0.298 e. The van der Waals surface area contributed by atoms with E-state index in [0.717, 1.165) is 11.1 Å². The molecular weight excluding hydrogens is 252 g/mol. The van der Waals surface area contributed by atoms with E-state index in [4.69, 9.17) is 5.11 Å². The van der Waals surface area contributed by atoms with E-state index < -0.39 is 10.2 Å². The van der Waals surface area contributed by atoms with Crippen LogP contribution < -0.4 is 9.44 Å². The molecule has 5 nitrogen and oxygen atoms in total. The van der Waals surface area contributed by atoms with Gasteiger partial charge in [0.2, 0.25) is 0 Å². The second-order valence-electron chi connectivity index (χ2n) is 3.61. The minimum absolute atomic E-state index is 0.0338. The Bertz CT molecular complexity index is 571. The molecule has 0 amide bonds. The number of nitrogens with one attached hydrogen (secondary N) is 2. The molecule has 0 saturated carbocycles. The van der Waals surface area contributed by atoms with Crippen LogP contribution in [0, 0.1) is 18.8 Å². The van der Waals surface area contributed by atoms with E-state index in [1.54, 1.807) is 18.2 Å². The molecule has 18 heavy (non-hydrogen) atoms. The van der Waals surface area contributed by atoms with Crippen LogP contribution in [0.3, 0.4) is 0 Å². The van der Waals surface area contributed by atoms with Crippen LogP contribution in [0.4, 0.5) is 5.69 Å². The first-order valence-corrected chi connectivity index (χ1v) is 6.88. The minimum Gasteiger partial charge on any atom is -0.395 e. The van der Waals surface area contributed by atoms with Gasteiger partial charge in [0.1, 0.15) is 0 Å². The zero-order chi connectivity index (χ0) is 13.6. The second kappa shape index (κ2) is 6.40. The standard InChI is InChI=1S/C12H16N2O3S/c1-10-9-12(14-18(16,17)13-2)7-6-11(10)5-3-4-8-15/h6-7,9,13-15H,4,8H2,1-2H3. The molecule has 1 aromatic carbocycles. The highest BCUT2D eigenvalue weighted by atomic mass is 32.2. The molecule has 0 radical (unpaired) electrons. The highest BCUT2D eigenvalue weighted by molar-refractivity contribution is 7.90. The van der Waals surface area contributed by atoms with Gasteiger partial charge in [0.05, 0.1) is 12.3 Å². The summed E-state index contributed by atoms with van der Waals surface area (Å²) in [4.78, 5) is 0. The fourth-order valence-corrected chi connectivity index (χ4v) is 1.83. The summed E-state index contributed by atoms with van der Waals surface area (Å²) < 4.78 is 27.1. The zero-order valence-electron chi connectivity index (χ0n) is 10.3. The van der Waals surface area contributed by atoms with Crippen molar-refractivity contribution in [1.82, 2.24) is 4.72 Å². The van der Waals surface area contributed by atoms with Gasteiger partial charge in [-0.05, 0) is 30.7 Å². The summed E-state index contributed by atoms with van der Waals surface area (Å²) in [6, 6.07) is 5.09. The average Bonchev–Trinajstić information content (AvgIpc) is 2.32. The highest BCUT2D eigenvalue weighted by Crippen LogP contribution is 2.15. The monoisotopic (exact) mass is 268 g/mol. The van der Waals surface area contributed by atoms with Gasteiger partial charge in [-0.3, -0.25) is 4.72 Å². The molecular formula is C12H16N2O3S. The Kier molecular flexibility index (Phi) is 5.16. The normalized spacial score (nSPS) is 10.6. The summed E-state index contributed by atoms with van der Waals surface area (Å²) in [6.45, 7) is 1.88. The van der Waals surface area contributed by atoms with Crippen molar-refractivity contribution in [2.24, 2.45) is 0 Å². The van der Waals surface area contributed by atoms with Crippen molar-refractivity contribution in [2.45, 2.75) is 13.3 Å².